The first-order valence-corrected chi connectivity index (χ1v) is 5.81. The van der Waals surface area contributed by atoms with Crippen LogP contribution in [0, 0.1) is 0 Å². The van der Waals surface area contributed by atoms with Gasteiger partial charge < -0.3 is 0 Å². The highest BCUT2D eigenvalue weighted by Gasteiger charge is 2.23. The molecule has 5 heteroatoms. The summed E-state index contributed by atoms with van der Waals surface area (Å²) in [7, 11) is -2.03. The second kappa shape index (κ2) is 2.48. The van der Waals surface area contributed by atoms with Crippen molar-refractivity contribution in [1.29, 1.82) is 0 Å². The van der Waals surface area contributed by atoms with E-state index >= 15 is 0 Å². The third kappa shape index (κ3) is 2.15. The Kier molecular flexibility index (Phi) is 2.03. The number of rotatable bonds is 0. The first kappa shape index (κ1) is 7.37. The molecular weight excluding hydrogens is 158 g/mol. The van der Waals surface area contributed by atoms with Gasteiger partial charge >= 0.3 is 0 Å². The maximum atomic E-state index is 10.7. The van der Waals surface area contributed by atoms with Crippen molar-refractivity contribution in [3.63, 3.8) is 0 Å². The molecule has 0 aliphatic carbocycles. The molecule has 3 nitrogen and oxygen atoms in total. The standard InChI is InChI=1S/C4H7NO2S2/c5-4-1-2-8-9(6,7)3-4/h4H,1-3H2. The first-order valence-electron chi connectivity index (χ1n) is 2.65. The number of nitrogens with zero attached hydrogens (tertiary/aromatic N) is 1. The SMILES string of the molecule is [N]C1CCSS(=O)(=O)C1. The van der Waals surface area contributed by atoms with E-state index in [9.17, 15) is 8.42 Å². The van der Waals surface area contributed by atoms with Gasteiger partial charge in [0, 0.05) is 5.75 Å². The molecule has 0 bridgehead atoms. The van der Waals surface area contributed by atoms with Gasteiger partial charge in [0.15, 0.2) is 0 Å². The summed E-state index contributed by atoms with van der Waals surface area (Å²) in [6.07, 6.45) is 0.601. The monoisotopic (exact) mass is 165 g/mol. The summed E-state index contributed by atoms with van der Waals surface area (Å²) in [6, 6.07) is -0.628. The van der Waals surface area contributed by atoms with Crippen LogP contribution in [-0.2, 0) is 8.87 Å². The van der Waals surface area contributed by atoms with Gasteiger partial charge in [-0.1, -0.05) is 0 Å². The molecule has 52 valence electrons. The fraction of sp³-hybridized carbons (Fsp3) is 1.00. The Bertz CT molecular complexity index is 187. The molecule has 0 saturated carbocycles. The van der Waals surface area contributed by atoms with E-state index in [0.717, 1.165) is 10.8 Å². The molecule has 0 aromatic rings. The van der Waals surface area contributed by atoms with E-state index in [0.29, 0.717) is 12.2 Å². The molecular formula is C4H7NO2S2. The van der Waals surface area contributed by atoms with Crippen LogP contribution in [0.1, 0.15) is 6.42 Å². The highest BCUT2D eigenvalue weighted by Crippen LogP contribution is 2.21. The molecule has 1 aliphatic rings. The van der Waals surface area contributed by atoms with Crippen molar-refractivity contribution in [2.45, 2.75) is 12.5 Å². The van der Waals surface area contributed by atoms with E-state index in [2.05, 4.69) is 0 Å². The van der Waals surface area contributed by atoms with Crippen molar-refractivity contribution < 1.29 is 8.42 Å². The van der Waals surface area contributed by atoms with Crippen molar-refractivity contribution in [3.05, 3.63) is 0 Å². The molecule has 1 heterocycles. The predicted octanol–water partition coefficient (Wildman–Crippen LogP) is -0.110. The van der Waals surface area contributed by atoms with Crippen LogP contribution >= 0.6 is 10.8 Å². The highest BCUT2D eigenvalue weighted by molar-refractivity contribution is 8.72. The lowest BCUT2D eigenvalue weighted by Gasteiger charge is -2.13. The minimum absolute atomic E-state index is 0.0718. The van der Waals surface area contributed by atoms with Crippen LogP contribution in [0.4, 0.5) is 0 Å². The average Bonchev–Trinajstić information content (AvgIpc) is 1.60. The van der Waals surface area contributed by atoms with Gasteiger partial charge in [-0.05, 0) is 17.2 Å². The smallest absolute Gasteiger partial charge is 0.203 e. The molecule has 1 unspecified atom stereocenters. The molecule has 1 saturated heterocycles. The van der Waals surface area contributed by atoms with Crippen LogP contribution in [0.5, 0.6) is 0 Å². The molecule has 0 aromatic carbocycles. The zero-order valence-electron chi connectivity index (χ0n) is 4.78. The molecule has 0 N–H and O–H groups in total. The van der Waals surface area contributed by atoms with Gasteiger partial charge in [-0.2, -0.15) is 0 Å². The summed E-state index contributed by atoms with van der Waals surface area (Å²) in [5, 5.41) is 0. The van der Waals surface area contributed by atoms with E-state index < -0.39 is 14.9 Å². The van der Waals surface area contributed by atoms with Gasteiger partial charge in [-0.15, -0.1) is 5.73 Å². The summed E-state index contributed by atoms with van der Waals surface area (Å²) in [6.45, 7) is 0. The summed E-state index contributed by atoms with van der Waals surface area (Å²) in [5.74, 6) is 0.459. The summed E-state index contributed by atoms with van der Waals surface area (Å²) in [5.41, 5.74) is 8.85. The Labute approximate surface area is 58.3 Å². The Hall–Kier alpha value is 0.260. The fourth-order valence-electron chi connectivity index (χ4n) is 0.678. The molecule has 9 heavy (non-hydrogen) atoms. The van der Waals surface area contributed by atoms with Crippen LogP contribution in [0.15, 0.2) is 0 Å². The van der Waals surface area contributed by atoms with Gasteiger partial charge in [0.1, 0.15) is 0 Å². The molecule has 0 spiro atoms. The van der Waals surface area contributed by atoms with Gasteiger partial charge in [0.05, 0.1) is 11.8 Å². The van der Waals surface area contributed by atoms with Crippen molar-refractivity contribution in [2.24, 2.45) is 0 Å². The lowest BCUT2D eigenvalue weighted by atomic mass is 10.3. The van der Waals surface area contributed by atoms with Crippen LogP contribution in [-0.4, -0.2) is 26.0 Å². The molecule has 0 aromatic heterocycles. The maximum Gasteiger partial charge on any atom is 0.203 e. The van der Waals surface area contributed by atoms with Crippen LogP contribution in [0.3, 0.4) is 0 Å². The Morgan fingerprint density at radius 1 is 1.56 bits per heavy atom. The Morgan fingerprint density at radius 3 is 2.56 bits per heavy atom. The topological polar surface area (TPSA) is 56.4 Å². The third-order valence-corrected chi connectivity index (χ3v) is 4.65. The lowest BCUT2D eigenvalue weighted by Crippen LogP contribution is -2.25. The molecule has 1 atom stereocenters. The summed E-state index contributed by atoms with van der Waals surface area (Å²) in [4.78, 5) is 0. The minimum Gasteiger partial charge on any atom is -0.217 e. The van der Waals surface area contributed by atoms with E-state index in [4.69, 9.17) is 5.73 Å². The number of hydrogen-bond acceptors (Lipinski definition) is 3. The van der Waals surface area contributed by atoms with Gasteiger partial charge in [-0.3, -0.25) is 0 Å². The molecule has 0 amide bonds. The predicted molar refractivity (Wildman–Crippen MR) is 36.8 cm³/mol. The Morgan fingerprint density at radius 2 is 2.22 bits per heavy atom. The average molecular weight is 165 g/mol. The van der Waals surface area contributed by atoms with E-state index in [1.54, 1.807) is 0 Å². The Balaban J connectivity index is 2.62. The molecule has 2 radical (unpaired) electrons. The van der Waals surface area contributed by atoms with Crippen molar-refractivity contribution >= 4 is 19.7 Å². The second-order valence-electron chi connectivity index (χ2n) is 1.99. The first-order chi connectivity index (χ1) is 4.10. The van der Waals surface area contributed by atoms with Gasteiger partial charge in [-0.25, -0.2) is 8.42 Å². The van der Waals surface area contributed by atoms with E-state index in [1.807, 2.05) is 0 Å². The summed E-state index contributed by atoms with van der Waals surface area (Å²) < 4.78 is 21.3. The normalized spacial score (nSPS) is 34.1. The third-order valence-electron chi connectivity index (χ3n) is 1.11. The summed E-state index contributed by atoms with van der Waals surface area (Å²) >= 11 is 0. The quantitative estimate of drug-likeness (QED) is 0.471. The second-order valence-corrected chi connectivity index (χ2v) is 6.31. The van der Waals surface area contributed by atoms with Gasteiger partial charge in [0.25, 0.3) is 0 Å². The largest absolute Gasteiger partial charge is 0.217 e. The fourth-order valence-corrected chi connectivity index (χ4v) is 3.84. The zero-order chi connectivity index (χ0) is 6.91. The van der Waals surface area contributed by atoms with Crippen molar-refractivity contribution in [1.82, 2.24) is 5.73 Å². The number of hydrogen-bond donors (Lipinski definition) is 0. The molecule has 1 fully saturated rings. The van der Waals surface area contributed by atoms with Crippen LogP contribution in [0.2, 0.25) is 0 Å². The minimum atomic E-state index is -2.97. The lowest BCUT2D eigenvalue weighted by molar-refractivity contribution is 0.592. The van der Waals surface area contributed by atoms with Crippen LogP contribution < -0.4 is 5.73 Å². The van der Waals surface area contributed by atoms with Gasteiger partial charge in [0.2, 0.25) is 8.87 Å². The van der Waals surface area contributed by atoms with Crippen molar-refractivity contribution in [3.8, 4) is 0 Å². The highest BCUT2D eigenvalue weighted by atomic mass is 33.1. The maximum absolute atomic E-state index is 10.7. The van der Waals surface area contributed by atoms with E-state index in [1.165, 1.54) is 0 Å². The van der Waals surface area contributed by atoms with Crippen molar-refractivity contribution in [2.75, 3.05) is 11.5 Å². The molecule has 1 aliphatic heterocycles. The zero-order valence-corrected chi connectivity index (χ0v) is 6.41. The molecule has 1 rings (SSSR count). The van der Waals surface area contributed by atoms with E-state index in [-0.39, 0.29) is 5.75 Å². The van der Waals surface area contributed by atoms with Crippen LogP contribution in [0.25, 0.3) is 0 Å².